The zero-order valence-electron chi connectivity index (χ0n) is 14.6. The first-order valence-corrected chi connectivity index (χ1v) is 8.59. The van der Waals surface area contributed by atoms with Crippen LogP contribution < -0.4 is 9.47 Å². The number of hydrogen-bond acceptors (Lipinski definition) is 4. The summed E-state index contributed by atoms with van der Waals surface area (Å²) in [5.41, 5.74) is 3.41. The van der Waals surface area contributed by atoms with Crippen LogP contribution in [0.15, 0.2) is 48.5 Å². The van der Waals surface area contributed by atoms with E-state index in [0.29, 0.717) is 26.1 Å². The van der Waals surface area contributed by atoms with Crippen LogP contribution in [0.2, 0.25) is 0 Å². The van der Waals surface area contributed by atoms with Gasteiger partial charge in [0.1, 0.15) is 11.5 Å². The van der Waals surface area contributed by atoms with E-state index < -0.39 is 0 Å². The summed E-state index contributed by atoms with van der Waals surface area (Å²) in [5, 5.41) is 17.5. The maximum atomic E-state index is 8.77. The van der Waals surface area contributed by atoms with Crippen LogP contribution in [-0.2, 0) is 0 Å². The van der Waals surface area contributed by atoms with Gasteiger partial charge in [-0.15, -0.1) is 0 Å². The number of ether oxygens (including phenoxy) is 2. The monoisotopic (exact) mass is 342 g/mol. The molecule has 2 N–H and O–H groups in total. The zero-order chi connectivity index (χ0) is 17.9. The lowest BCUT2D eigenvalue weighted by Gasteiger charge is -2.08. The molecule has 0 radical (unpaired) electrons. The molecular formula is C21H26O4. The predicted molar refractivity (Wildman–Crippen MR) is 101 cm³/mol. The SMILES string of the molecule is C/C(=C/c1ccc(OCCCO)cc1)c1ccc(OCCCO)cc1. The first kappa shape index (κ1) is 19.0. The van der Waals surface area contributed by atoms with Crippen LogP contribution in [0, 0.1) is 0 Å². The van der Waals surface area contributed by atoms with E-state index in [1.165, 1.54) is 0 Å². The molecule has 25 heavy (non-hydrogen) atoms. The zero-order valence-corrected chi connectivity index (χ0v) is 14.6. The highest BCUT2D eigenvalue weighted by atomic mass is 16.5. The van der Waals surface area contributed by atoms with Gasteiger partial charge in [-0.3, -0.25) is 0 Å². The Morgan fingerprint density at radius 3 is 1.76 bits per heavy atom. The van der Waals surface area contributed by atoms with Gasteiger partial charge < -0.3 is 19.7 Å². The van der Waals surface area contributed by atoms with Crippen molar-refractivity contribution in [2.75, 3.05) is 26.4 Å². The molecule has 2 rings (SSSR count). The number of rotatable bonds is 10. The third kappa shape index (κ3) is 6.61. The van der Waals surface area contributed by atoms with Gasteiger partial charge in [0.15, 0.2) is 0 Å². The van der Waals surface area contributed by atoms with Crippen molar-refractivity contribution in [3.63, 3.8) is 0 Å². The van der Waals surface area contributed by atoms with Gasteiger partial charge in [0.25, 0.3) is 0 Å². The molecule has 0 saturated carbocycles. The average molecular weight is 342 g/mol. The number of aliphatic hydroxyl groups excluding tert-OH is 2. The van der Waals surface area contributed by atoms with Crippen molar-refractivity contribution < 1.29 is 19.7 Å². The Morgan fingerprint density at radius 2 is 1.28 bits per heavy atom. The number of benzene rings is 2. The highest BCUT2D eigenvalue weighted by Crippen LogP contribution is 2.22. The average Bonchev–Trinajstić information content (AvgIpc) is 2.64. The second-order valence-electron chi connectivity index (χ2n) is 5.77. The van der Waals surface area contributed by atoms with Crippen LogP contribution >= 0.6 is 0 Å². The van der Waals surface area contributed by atoms with E-state index in [-0.39, 0.29) is 13.2 Å². The van der Waals surface area contributed by atoms with Crippen molar-refractivity contribution >= 4 is 11.6 Å². The number of allylic oxidation sites excluding steroid dienone is 1. The fraction of sp³-hybridized carbons (Fsp3) is 0.333. The molecule has 0 saturated heterocycles. The van der Waals surface area contributed by atoms with Gasteiger partial charge in [-0.05, 0) is 47.9 Å². The molecule has 0 spiro atoms. The maximum Gasteiger partial charge on any atom is 0.119 e. The molecule has 2 aromatic rings. The fourth-order valence-electron chi connectivity index (χ4n) is 2.32. The van der Waals surface area contributed by atoms with E-state index in [4.69, 9.17) is 19.7 Å². The van der Waals surface area contributed by atoms with Crippen LogP contribution in [0.25, 0.3) is 11.6 Å². The van der Waals surface area contributed by atoms with Gasteiger partial charge in [-0.25, -0.2) is 0 Å². The van der Waals surface area contributed by atoms with Crippen molar-refractivity contribution in [1.29, 1.82) is 0 Å². The molecular weight excluding hydrogens is 316 g/mol. The maximum absolute atomic E-state index is 8.77. The normalized spacial score (nSPS) is 11.4. The Hall–Kier alpha value is -2.30. The summed E-state index contributed by atoms with van der Waals surface area (Å²) in [6.07, 6.45) is 3.40. The van der Waals surface area contributed by atoms with Crippen molar-refractivity contribution in [1.82, 2.24) is 0 Å². The van der Waals surface area contributed by atoms with Crippen molar-refractivity contribution in [2.24, 2.45) is 0 Å². The van der Waals surface area contributed by atoms with Gasteiger partial charge in [0, 0.05) is 26.1 Å². The highest BCUT2D eigenvalue weighted by molar-refractivity contribution is 5.80. The molecule has 0 aliphatic heterocycles. The third-order valence-corrected chi connectivity index (χ3v) is 3.72. The first-order chi connectivity index (χ1) is 12.2. The molecule has 0 aliphatic rings. The quantitative estimate of drug-likeness (QED) is 0.510. The fourth-order valence-corrected chi connectivity index (χ4v) is 2.32. The van der Waals surface area contributed by atoms with Crippen molar-refractivity contribution in [2.45, 2.75) is 19.8 Å². The van der Waals surface area contributed by atoms with Gasteiger partial charge in [0.05, 0.1) is 13.2 Å². The molecule has 0 aliphatic carbocycles. The molecule has 0 amide bonds. The summed E-state index contributed by atoms with van der Waals surface area (Å²) in [5.74, 6) is 1.63. The van der Waals surface area contributed by atoms with Crippen molar-refractivity contribution in [3.8, 4) is 11.5 Å². The minimum Gasteiger partial charge on any atom is -0.494 e. The van der Waals surface area contributed by atoms with Crippen LogP contribution in [0.1, 0.15) is 30.9 Å². The van der Waals surface area contributed by atoms with Gasteiger partial charge in [-0.2, -0.15) is 0 Å². The Balaban J connectivity index is 1.95. The molecule has 4 heteroatoms. The summed E-state index contributed by atoms with van der Waals surface area (Å²) < 4.78 is 11.1. The lowest BCUT2D eigenvalue weighted by atomic mass is 10.0. The van der Waals surface area contributed by atoms with Gasteiger partial charge in [0.2, 0.25) is 0 Å². The van der Waals surface area contributed by atoms with E-state index >= 15 is 0 Å². The standard InChI is InChI=1S/C21H26O4/c1-17(19-6-10-21(11-7-19)25-15-3-13-23)16-18-4-8-20(9-5-18)24-14-2-12-22/h4-11,16,22-23H,2-3,12-15H2,1H3/b17-16-. The summed E-state index contributed by atoms with van der Waals surface area (Å²) in [6, 6.07) is 15.9. The minimum atomic E-state index is 0.144. The molecule has 134 valence electrons. The highest BCUT2D eigenvalue weighted by Gasteiger charge is 2.00. The first-order valence-electron chi connectivity index (χ1n) is 8.59. The molecule has 4 nitrogen and oxygen atoms in total. The van der Waals surface area contributed by atoms with E-state index in [2.05, 4.69) is 13.0 Å². The van der Waals surface area contributed by atoms with E-state index in [1.54, 1.807) is 0 Å². The largest absolute Gasteiger partial charge is 0.494 e. The summed E-state index contributed by atoms with van der Waals surface area (Å²) in [4.78, 5) is 0. The molecule has 0 heterocycles. The predicted octanol–water partition coefficient (Wildman–Crippen LogP) is 3.77. The van der Waals surface area contributed by atoms with Gasteiger partial charge in [-0.1, -0.05) is 30.3 Å². The molecule has 0 atom stereocenters. The molecule has 0 unspecified atom stereocenters. The third-order valence-electron chi connectivity index (χ3n) is 3.72. The lowest BCUT2D eigenvalue weighted by Crippen LogP contribution is -1.99. The Labute approximate surface area is 149 Å². The number of aliphatic hydroxyl groups is 2. The van der Waals surface area contributed by atoms with E-state index in [0.717, 1.165) is 28.2 Å². The Bertz CT molecular complexity index is 645. The van der Waals surface area contributed by atoms with E-state index in [1.807, 2.05) is 48.5 Å². The molecule has 0 fully saturated rings. The van der Waals surface area contributed by atoms with Crippen LogP contribution in [-0.4, -0.2) is 36.6 Å². The van der Waals surface area contributed by atoms with Crippen LogP contribution in [0.3, 0.4) is 0 Å². The summed E-state index contributed by atoms with van der Waals surface area (Å²) in [6.45, 7) is 3.42. The Morgan fingerprint density at radius 1 is 0.800 bits per heavy atom. The van der Waals surface area contributed by atoms with Crippen LogP contribution in [0.5, 0.6) is 11.5 Å². The summed E-state index contributed by atoms with van der Waals surface area (Å²) in [7, 11) is 0. The van der Waals surface area contributed by atoms with Crippen LogP contribution in [0.4, 0.5) is 0 Å². The van der Waals surface area contributed by atoms with Gasteiger partial charge >= 0.3 is 0 Å². The summed E-state index contributed by atoms with van der Waals surface area (Å²) >= 11 is 0. The topological polar surface area (TPSA) is 58.9 Å². The smallest absolute Gasteiger partial charge is 0.119 e. The molecule has 2 aromatic carbocycles. The van der Waals surface area contributed by atoms with Crippen molar-refractivity contribution in [3.05, 3.63) is 59.7 Å². The Kier molecular flexibility index (Phi) is 8.02. The molecule has 0 aromatic heterocycles. The molecule has 0 bridgehead atoms. The second-order valence-corrected chi connectivity index (χ2v) is 5.77. The number of hydrogen-bond donors (Lipinski definition) is 2. The minimum absolute atomic E-state index is 0.144. The lowest BCUT2D eigenvalue weighted by molar-refractivity contribution is 0.233. The second kappa shape index (κ2) is 10.5. The van der Waals surface area contributed by atoms with E-state index in [9.17, 15) is 0 Å².